The Balaban J connectivity index is 2.13. The molecule has 0 aliphatic rings. The lowest BCUT2D eigenvalue weighted by Gasteiger charge is -2.26. The Kier molecular flexibility index (Phi) is 6.29. The summed E-state index contributed by atoms with van der Waals surface area (Å²) in [6.07, 6.45) is -4.68. The molecule has 0 aliphatic heterocycles. The number of hydrogen-bond acceptors (Lipinski definition) is 3. The summed E-state index contributed by atoms with van der Waals surface area (Å²) in [4.78, 5) is 12.5. The average molecular weight is 440 g/mol. The van der Waals surface area contributed by atoms with Crippen molar-refractivity contribution in [2.45, 2.75) is 32.1 Å². The number of carbonyl (C=O) groups is 1. The van der Waals surface area contributed by atoms with Crippen LogP contribution in [0.2, 0.25) is 0 Å². The van der Waals surface area contributed by atoms with Crippen LogP contribution in [0.15, 0.2) is 46.9 Å². The smallest absolute Gasteiger partial charge is 0.324 e. The highest BCUT2D eigenvalue weighted by atomic mass is 79.9. The number of hydrogen-bond donors (Lipinski definition) is 2. The van der Waals surface area contributed by atoms with E-state index in [2.05, 4.69) is 26.6 Å². The maximum absolute atomic E-state index is 13.1. The van der Waals surface area contributed by atoms with Gasteiger partial charge in [0.05, 0.1) is 22.7 Å². The summed E-state index contributed by atoms with van der Waals surface area (Å²) in [7, 11) is 0. The van der Waals surface area contributed by atoms with Crippen molar-refractivity contribution in [3.05, 3.63) is 63.6 Å². The molecule has 2 N–H and O–H groups in total. The third-order valence-electron chi connectivity index (χ3n) is 3.95. The molecule has 0 spiro atoms. The Morgan fingerprint density at radius 3 is 2.44 bits per heavy atom. The molecule has 27 heavy (non-hydrogen) atoms. The normalized spacial score (nSPS) is 11.7. The van der Waals surface area contributed by atoms with Gasteiger partial charge in [0.25, 0.3) is 0 Å². The van der Waals surface area contributed by atoms with Gasteiger partial charge in [-0.15, -0.1) is 0 Å². The molecule has 0 radical (unpaired) electrons. The molecular weight excluding hydrogens is 423 g/mol. The molecule has 0 aliphatic carbocycles. The van der Waals surface area contributed by atoms with Crippen LogP contribution < -0.4 is 10.6 Å². The van der Waals surface area contributed by atoms with Crippen molar-refractivity contribution in [1.29, 1.82) is 5.26 Å². The molecule has 2 aromatic carbocycles. The van der Waals surface area contributed by atoms with Crippen molar-refractivity contribution in [2.24, 2.45) is 0 Å². The number of amides is 1. The number of nitriles is 1. The van der Waals surface area contributed by atoms with E-state index in [1.54, 1.807) is 13.8 Å². The van der Waals surface area contributed by atoms with E-state index in [1.807, 2.05) is 24.3 Å². The average Bonchev–Trinajstić information content (AvgIpc) is 2.60. The van der Waals surface area contributed by atoms with Gasteiger partial charge in [0, 0.05) is 16.7 Å². The minimum absolute atomic E-state index is 0.0258. The highest BCUT2D eigenvalue weighted by molar-refractivity contribution is 9.10. The van der Waals surface area contributed by atoms with Crippen LogP contribution in [-0.2, 0) is 17.5 Å². The van der Waals surface area contributed by atoms with Crippen LogP contribution in [0.1, 0.15) is 30.5 Å². The van der Waals surface area contributed by atoms with Gasteiger partial charge in [0.1, 0.15) is 0 Å². The summed E-state index contributed by atoms with van der Waals surface area (Å²) in [6.45, 7) is 3.66. The number of carbonyl (C=O) groups excluding carboxylic acids is 1. The van der Waals surface area contributed by atoms with Crippen molar-refractivity contribution >= 4 is 27.5 Å². The monoisotopic (exact) mass is 439 g/mol. The van der Waals surface area contributed by atoms with Crippen molar-refractivity contribution in [3.63, 3.8) is 0 Å². The summed E-state index contributed by atoms with van der Waals surface area (Å²) < 4.78 is 40.0. The van der Waals surface area contributed by atoms with E-state index in [1.165, 1.54) is 12.1 Å². The lowest BCUT2D eigenvalue weighted by atomic mass is 10.0. The Bertz CT molecular complexity index is 888. The SMILES string of the molecule is CC(C)(NCc1ccccc1Br)C(=O)Nc1ccc(C#N)c(C(F)(F)F)c1. The first-order chi connectivity index (χ1) is 12.5. The molecule has 1 amide bonds. The van der Waals surface area contributed by atoms with Crippen molar-refractivity contribution < 1.29 is 18.0 Å². The fourth-order valence-corrected chi connectivity index (χ4v) is 2.70. The van der Waals surface area contributed by atoms with E-state index in [0.717, 1.165) is 22.2 Å². The number of halogens is 4. The molecule has 2 aromatic rings. The first-order valence-electron chi connectivity index (χ1n) is 7.96. The summed E-state index contributed by atoms with van der Waals surface area (Å²) in [5, 5.41) is 14.4. The molecule has 8 heteroatoms. The number of anilines is 1. The minimum atomic E-state index is -4.68. The van der Waals surface area contributed by atoms with Gasteiger partial charge in [0.2, 0.25) is 5.91 Å². The van der Waals surface area contributed by atoms with Crippen LogP contribution in [0, 0.1) is 11.3 Å². The summed E-state index contributed by atoms with van der Waals surface area (Å²) in [5.74, 6) is -0.493. The largest absolute Gasteiger partial charge is 0.417 e. The predicted molar refractivity (Wildman–Crippen MR) is 99.8 cm³/mol. The molecule has 0 atom stereocenters. The third kappa shape index (κ3) is 5.31. The predicted octanol–water partition coefficient (Wildman–Crippen LogP) is 4.85. The van der Waals surface area contributed by atoms with Gasteiger partial charge in [0.15, 0.2) is 0 Å². The quantitative estimate of drug-likeness (QED) is 0.699. The molecule has 0 aromatic heterocycles. The Morgan fingerprint density at radius 1 is 1.19 bits per heavy atom. The second-order valence-corrected chi connectivity index (χ2v) is 7.25. The van der Waals surface area contributed by atoms with Crippen LogP contribution in [0.4, 0.5) is 18.9 Å². The summed E-state index contributed by atoms with van der Waals surface area (Å²) in [6, 6.07) is 12.1. The molecule has 0 saturated carbocycles. The topological polar surface area (TPSA) is 64.9 Å². The van der Waals surface area contributed by atoms with Crippen molar-refractivity contribution in [1.82, 2.24) is 5.32 Å². The first kappa shape index (κ1) is 20.9. The van der Waals surface area contributed by atoms with Gasteiger partial charge in [-0.25, -0.2) is 0 Å². The Labute approximate surface area is 163 Å². The van der Waals surface area contributed by atoms with Crippen LogP contribution in [0.25, 0.3) is 0 Å². The zero-order valence-electron chi connectivity index (χ0n) is 14.6. The molecule has 0 saturated heterocycles. The maximum atomic E-state index is 13.1. The van der Waals surface area contributed by atoms with Gasteiger partial charge in [-0.3, -0.25) is 10.1 Å². The number of nitrogens with zero attached hydrogens (tertiary/aromatic N) is 1. The van der Waals surface area contributed by atoms with Crippen LogP contribution >= 0.6 is 15.9 Å². The van der Waals surface area contributed by atoms with E-state index in [0.29, 0.717) is 6.54 Å². The maximum Gasteiger partial charge on any atom is 0.417 e. The minimum Gasteiger partial charge on any atom is -0.324 e. The lowest BCUT2D eigenvalue weighted by molar-refractivity contribution is -0.137. The van der Waals surface area contributed by atoms with Gasteiger partial charge in [-0.1, -0.05) is 34.1 Å². The summed E-state index contributed by atoms with van der Waals surface area (Å²) in [5.41, 5.74) is -1.70. The zero-order chi connectivity index (χ0) is 20.2. The zero-order valence-corrected chi connectivity index (χ0v) is 16.2. The molecule has 0 fully saturated rings. The number of alkyl halides is 3. The molecule has 0 bridgehead atoms. The molecule has 0 unspecified atom stereocenters. The van der Waals surface area contributed by atoms with E-state index in [4.69, 9.17) is 5.26 Å². The van der Waals surface area contributed by atoms with Gasteiger partial charge >= 0.3 is 6.18 Å². The molecule has 2 rings (SSSR count). The van der Waals surface area contributed by atoms with Crippen molar-refractivity contribution in [3.8, 4) is 6.07 Å². The lowest BCUT2D eigenvalue weighted by Crippen LogP contribution is -2.49. The van der Waals surface area contributed by atoms with Crippen LogP contribution in [-0.4, -0.2) is 11.4 Å². The molecule has 0 heterocycles. The van der Waals surface area contributed by atoms with Crippen LogP contribution in [0.3, 0.4) is 0 Å². The molecule has 4 nitrogen and oxygen atoms in total. The highest BCUT2D eigenvalue weighted by Crippen LogP contribution is 2.33. The Morgan fingerprint density at radius 2 is 1.85 bits per heavy atom. The second-order valence-electron chi connectivity index (χ2n) is 6.39. The number of benzene rings is 2. The van der Waals surface area contributed by atoms with Crippen LogP contribution in [0.5, 0.6) is 0 Å². The highest BCUT2D eigenvalue weighted by Gasteiger charge is 2.34. The summed E-state index contributed by atoms with van der Waals surface area (Å²) >= 11 is 3.42. The number of nitrogens with one attached hydrogen (secondary N) is 2. The van der Waals surface area contributed by atoms with Crippen molar-refractivity contribution in [2.75, 3.05) is 5.32 Å². The fourth-order valence-electron chi connectivity index (χ4n) is 2.28. The van der Waals surface area contributed by atoms with Gasteiger partial charge in [-0.05, 0) is 43.7 Å². The molecule has 142 valence electrons. The van der Waals surface area contributed by atoms with E-state index < -0.39 is 28.7 Å². The van der Waals surface area contributed by atoms with E-state index in [-0.39, 0.29) is 5.69 Å². The van der Waals surface area contributed by atoms with E-state index >= 15 is 0 Å². The fraction of sp³-hybridized carbons (Fsp3) is 0.263. The van der Waals surface area contributed by atoms with Gasteiger partial charge in [-0.2, -0.15) is 18.4 Å². The molecular formula is C19H17BrF3N3O. The second kappa shape index (κ2) is 8.11. The Hall–Kier alpha value is -2.37. The van der Waals surface area contributed by atoms with E-state index in [9.17, 15) is 18.0 Å². The number of rotatable bonds is 5. The third-order valence-corrected chi connectivity index (χ3v) is 4.72. The van der Waals surface area contributed by atoms with Gasteiger partial charge < -0.3 is 5.32 Å². The first-order valence-corrected chi connectivity index (χ1v) is 8.75. The standard InChI is InChI=1S/C19H17BrF3N3O/c1-18(2,25-11-13-5-3-4-6-16(13)20)17(27)26-14-8-7-12(10-24)15(9-14)19(21,22)23/h3-9,25H,11H2,1-2H3,(H,26,27).